The number of benzene rings is 1. The second kappa shape index (κ2) is 4.89. The molecule has 2 rings (SSSR count). The molecule has 0 fully saturated rings. The maximum atomic E-state index is 11.7. The molecule has 1 unspecified atom stereocenters. The summed E-state index contributed by atoms with van der Waals surface area (Å²) >= 11 is 3.37. The first kappa shape index (κ1) is 12.1. The van der Waals surface area contributed by atoms with E-state index in [0.29, 0.717) is 5.69 Å². The summed E-state index contributed by atoms with van der Waals surface area (Å²) < 4.78 is 0.961. The average Bonchev–Trinajstić information content (AvgIpc) is 2.68. The molecule has 1 atom stereocenters. The van der Waals surface area contributed by atoms with Crippen LogP contribution in [0.2, 0.25) is 0 Å². The first-order valence-electron chi connectivity index (χ1n) is 5.31. The van der Waals surface area contributed by atoms with Gasteiger partial charge in [-0.15, -0.1) is 0 Å². The van der Waals surface area contributed by atoms with Crippen molar-refractivity contribution >= 4 is 32.7 Å². The number of carbonyl (C=O) groups excluding carboxylic acids is 1. The summed E-state index contributed by atoms with van der Waals surface area (Å²) in [5.41, 5.74) is 1.40. The Labute approximate surface area is 107 Å². The topological polar surface area (TPSA) is 65.1 Å². The van der Waals surface area contributed by atoms with E-state index >= 15 is 0 Å². The molecule has 2 aromatic rings. The average molecular weight is 297 g/mol. The van der Waals surface area contributed by atoms with Crippen LogP contribution in [0.3, 0.4) is 0 Å². The fourth-order valence-electron chi connectivity index (χ4n) is 1.56. The Morgan fingerprint density at radius 2 is 2.29 bits per heavy atom. The molecule has 0 spiro atoms. The first-order valence-corrected chi connectivity index (χ1v) is 6.10. The number of aromatic nitrogens is 1. The third-order valence-electron chi connectivity index (χ3n) is 2.39. The number of nitrogens with one attached hydrogen (secondary N) is 2. The molecule has 0 aliphatic carbocycles. The molecule has 0 radical (unpaired) electrons. The minimum absolute atomic E-state index is 0.210. The van der Waals surface area contributed by atoms with Gasteiger partial charge in [-0.2, -0.15) is 0 Å². The van der Waals surface area contributed by atoms with E-state index in [2.05, 4.69) is 26.2 Å². The Morgan fingerprint density at radius 1 is 1.53 bits per heavy atom. The fourth-order valence-corrected chi connectivity index (χ4v) is 1.92. The molecule has 0 saturated carbocycles. The molecule has 90 valence electrons. The number of aliphatic hydroxyl groups is 1. The fraction of sp³-hybridized carbons (Fsp3) is 0.250. The summed E-state index contributed by atoms with van der Waals surface area (Å²) in [4.78, 5) is 14.8. The number of halogens is 1. The lowest BCUT2D eigenvalue weighted by Gasteiger charge is -2.05. The summed E-state index contributed by atoms with van der Waals surface area (Å²) in [7, 11) is 0. The van der Waals surface area contributed by atoms with E-state index in [1.165, 1.54) is 0 Å². The van der Waals surface area contributed by atoms with Crippen molar-refractivity contribution in [3.63, 3.8) is 0 Å². The van der Waals surface area contributed by atoms with E-state index in [0.717, 1.165) is 15.4 Å². The zero-order valence-electron chi connectivity index (χ0n) is 9.33. The molecule has 0 aliphatic rings. The summed E-state index contributed by atoms with van der Waals surface area (Å²) in [5, 5.41) is 12.7. The quantitative estimate of drug-likeness (QED) is 0.811. The molecule has 17 heavy (non-hydrogen) atoms. The summed E-state index contributed by atoms with van der Waals surface area (Å²) in [5.74, 6) is -0.210. The van der Waals surface area contributed by atoms with Gasteiger partial charge in [0.05, 0.1) is 6.10 Å². The predicted octanol–water partition coefficient (Wildman–Crippen LogP) is 2.04. The second-order valence-electron chi connectivity index (χ2n) is 3.97. The molecule has 0 saturated heterocycles. The minimum Gasteiger partial charge on any atom is -0.392 e. The zero-order chi connectivity index (χ0) is 12.4. The number of carbonyl (C=O) groups is 1. The van der Waals surface area contributed by atoms with Gasteiger partial charge in [0.15, 0.2) is 0 Å². The minimum atomic E-state index is -0.544. The molecular weight excluding hydrogens is 284 g/mol. The molecule has 1 amide bonds. The first-order chi connectivity index (χ1) is 8.06. The Balaban J connectivity index is 2.21. The lowest BCUT2D eigenvalue weighted by atomic mass is 10.2. The van der Waals surface area contributed by atoms with Crippen LogP contribution >= 0.6 is 15.9 Å². The third-order valence-corrected chi connectivity index (χ3v) is 2.88. The van der Waals surface area contributed by atoms with Gasteiger partial charge in [0.2, 0.25) is 0 Å². The lowest BCUT2D eigenvalue weighted by molar-refractivity contribution is 0.0920. The van der Waals surface area contributed by atoms with Gasteiger partial charge >= 0.3 is 0 Å². The maximum absolute atomic E-state index is 11.7. The molecule has 1 aromatic heterocycles. The molecule has 0 aliphatic heterocycles. The summed E-state index contributed by atoms with van der Waals surface area (Å²) in [6.07, 6.45) is -0.544. The maximum Gasteiger partial charge on any atom is 0.267 e. The van der Waals surface area contributed by atoms with Crippen molar-refractivity contribution in [3.05, 3.63) is 34.4 Å². The number of rotatable bonds is 3. The molecule has 0 bridgehead atoms. The molecule has 1 aromatic carbocycles. The second-order valence-corrected chi connectivity index (χ2v) is 4.89. The summed E-state index contributed by atoms with van der Waals surface area (Å²) in [6.45, 7) is 1.88. The Kier molecular flexibility index (Phi) is 3.49. The highest BCUT2D eigenvalue weighted by Gasteiger charge is 2.09. The molecule has 5 heteroatoms. The van der Waals surface area contributed by atoms with Crippen molar-refractivity contribution in [2.75, 3.05) is 6.54 Å². The van der Waals surface area contributed by atoms with Crippen molar-refractivity contribution < 1.29 is 9.90 Å². The van der Waals surface area contributed by atoms with E-state index in [1.54, 1.807) is 13.0 Å². The highest BCUT2D eigenvalue weighted by Crippen LogP contribution is 2.20. The number of amides is 1. The van der Waals surface area contributed by atoms with Gasteiger partial charge < -0.3 is 15.4 Å². The van der Waals surface area contributed by atoms with E-state index in [-0.39, 0.29) is 12.5 Å². The van der Waals surface area contributed by atoms with Crippen molar-refractivity contribution in [2.24, 2.45) is 0 Å². The Morgan fingerprint density at radius 3 is 3.00 bits per heavy atom. The highest BCUT2D eigenvalue weighted by molar-refractivity contribution is 9.10. The normalized spacial score (nSPS) is 12.6. The standard InChI is InChI=1S/C12H13BrN2O2/c1-7(16)6-14-12(17)11-4-8-2-3-9(13)5-10(8)15-11/h2-5,7,15-16H,6H2,1H3,(H,14,17). The SMILES string of the molecule is CC(O)CNC(=O)c1cc2ccc(Br)cc2[nH]1. The number of H-pyrrole nitrogens is 1. The third kappa shape index (κ3) is 2.87. The van der Waals surface area contributed by atoms with E-state index < -0.39 is 6.10 Å². The smallest absolute Gasteiger partial charge is 0.267 e. The number of aliphatic hydroxyl groups excluding tert-OH is 1. The van der Waals surface area contributed by atoms with E-state index in [4.69, 9.17) is 5.11 Å². The van der Waals surface area contributed by atoms with Crippen molar-refractivity contribution in [1.82, 2.24) is 10.3 Å². The van der Waals surface area contributed by atoms with Gasteiger partial charge in [-0.1, -0.05) is 22.0 Å². The monoisotopic (exact) mass is 296 g/mol. The molecular formula is C12H13BrN2O2. The van der Waals surface area contributed by atoms with Crippen LogP contribution in [0.1, 0.15) is 17.4 Å². The van der Waals surface area contributed by atoms with Crippen LogP contribution in [0.5, 0.6) is 0 Å². The Bertz CT molecular complexity index is 548. The van der Waals surface area contributed by atoms with Gasteiger partial charge in [0, 0.05) is 21.9 Å². The predicted molar refractivity (Wildman–Crippen MR) is 70.0 cm³/mol. The van der Waals surface area contributed by atoms with E-state index in [1.807, 2.05) is 18.2 Å². The van der Waals surface area contributed by atoms with Crippen LogP contribution in [0.15, 0.2) is 28.7 Å². The van der Waals surface area contributed by atoms with Gasteiger partial charge in [-0.25, -0.2) is 0 Å². The molecule has 3 N–H and O–H groups in total. The largest absolute Gasteiger partial charge is 0.392 e. The van der Waals surface area contributed by atoms with Gasteiger partial charge in [-0.05, 0) is 25.1 Å². The van der Waals surface area contributed by atoms with Gasteiger partial charge in [0.1, 0.15) is 5.69 Å². The molecule has 1 heterocycles. The van der Waals surface area contributed by atoms with Gasteiger partial charge in [0.25, 0.3) is 5.91 Å². The number of fused-ring (bicyclic) bond motifs is 1. The van der Waals surface area contributed by atoms with Crippen LogP contribution in [-0.2, 0) is 0 Å². The number of hydrogen-bond donors (Lipinski definition) is 3. The van der Waals surface area contributed by atoms with Crippen LogP contribution < -0.4 is 5.32 Å². The lowest BCUT2D eigenvalue weighted by Crippen LogP contribution is -2.30. The van der Waals surface area contributed by atoms with Crippen molar-refractivity contribution in [1.29, 1.82) is 0 Å². The summed E-state index contributed by atoms with van der Waals surface area (Å²) in [6, 6.07) is 7.56. The van der Waals surface area contributed by atoms with E-state index in [9.17, 15) is 4.79 Å². The number of hydrogen-bond acceptors (Lipinski definition) is 2. The van der Waals surface area contributed by atoms with Crippen LogP contribution in [0.4, 0.5) is 0 Å². The number of aromatic amines is 1. The van der Waals surface area contributed by atoms with Gasteiger partial charge in [-0.3, -0.25) is 4.79 Å². The van der Waals surface area contributed by atoms with Crippen LogP contribution in [0.25, 0.3) is 10.9 Å². The highest BCUT2D eigenvalue weighted by atomic mass is 79.9. The van der Waals surface area contributed by atoms with Crippen LogP contribution in [-0.4, -0.2) is 28.6 Å². The molecule has 4 nitrogen and oxygen atoms in total. The van der Waals surface area contributed by atoms with Crippen molar-refractivity contribution in [3.8, 4) is 0 Å². The Hall–Kier alpha value is -1.33. The van der Waals surface area contributed by atoms with Crippen molar-refractivity contribution in [2.45, 2.75) is 13.0 Å². The zero-order valence-corrected chi connectivity index (χ0v) is 10.9. The van der Waals surface area contributed by atoms with Crippen LogP contribution in [0, 0.1) is 0 Å².